The van der Waals surface area contributed by atoms with Crippen LogP contribution in [0.4, 0.5) is 0 Å². The molecule has 0 unspecified atom stereocenters. The highest BCUT2D eigenvalue weighted by Gasteiger charge is 1.62. The van der Waals surface area contributed by atoms with Crippen LogP contribution in [0, 0.1) is 0 Å². The summed E-state index contributed by atoms with van der Waals surface area (Å²) in [4.78, 5) is 4.20. The van der Waals surface area contributed by atoms with Gasteiger partial charge in [0.25, 0.3) is 0 Å². The van der Waals surface area contributed by atoms with Crippen molar-refractivity contribution in [3.8, 4) is 0 Å². The predicted octanol–water partition coefficient (Wildman–Crippen LogP) is -2.26. The highest BCUT2D eigenvalue weighted by molar-refractivity contribution is 6.03. The highest BCUT2D eigenvalue weighted by atomic mass is 28.2. The van der Waals surface area contributed by atoms with Crippen molar-refractivity contribution in [2.24, 2.45) is 0 Å². The van der Waals surface area contributed by atoms with E-state index in [1.54, 1.807) is 0 Å². The van der Waals surface area contributed by atoms with Crippen LogP contribution in [0.3, 0.4) is 0 Å². The standard InChI is InChI=1S/CH7NO2Si/c3-1-4-2-5/h2-3H,1H2,5H3. The zero-order valence-corrected chi connectivity index (χ0v) is 5.06. The molecular formula is CH7NO2Si. The van der Waals surface area contributed by atoms with Crippen LogP contribution < -0.4 is 5.15 Å². The third-order valence-corrected chi connectivity index (χ3v) is 0.498. The normalized spacial score (nSPS) is 9.00. The molecule has 0 aliphatic rings. The molecule has 0 aromatic carbocycles. The molecule has 0 atom stereocenters. The summed E-state index contributed by atoms with van der Waals surface area (Å²) in [7, 11) is 0.766. The lowest BCUT2D eigenvalue weighted by Gasteiger charge is -1.88. The molecule has 0 heterocycles. The molecule has 0 aliphatic heterocycles. The summed E-state index contributed by atoms with van der Waals surface area (Å²) < 4.78 is 0. The summed E-state index contributed by atoms with van der Waals surface area (Å²) >= 11 is 0. The summed E-state index contributed by atoms with van der Waals surface area (Å²) in [6, 6.07) is 0. The number of aliphatic hydroxyl groups excluding tert-OH is 1. The third kappa shape index (κ3) is 4.10. The first-order valence-corrected chi connectivity index (χ1v) is 2.31. The lowest BCUT2D eigenvalue weighted by atomic mass is 11.5. The topological polar surface area (TPSA) is 41.5 Å². The van der Waals surface area contributed by atoms with Crippen LogP contribution in [-0.4, -0.2) is 22.3 Å². The van der Waals surface area contributed by atoms with Crippen LogP contribution in [0.25, 0.3) is 0 Å². The fourth-order valence-electron chi connectivity index (χ4n) is 0.0645. The van der Waals surface area contributed by atoms with Crippen LogP contribution in [-0.2, 0) is 4.84 Å². The fourth-order valence-corrected chi connectivity index (χ4v) is 0.194. The molecule has 2 N–H and O–H groups in total. The molecule has 0 rings (SSSR count). The molecule has 0 fully saturated rings. The van der Waals surface area contributed by atoms with E-state index in [1.165, 1.54) is 0 Å². The van der Waals surface area contributed by atoms with E-state index >= 15 is 0 Å². The Labute approximate surface area is 33.4 Å². The zero-order valence-electron chi connectivity index (χ0n) is 3.06. The van der Waals surface area contributed by atoms with E-state index in [-0.39, 0.29) is 6.79 Å². The van der Waals surface area contributed by atoms with Crippen molar-refractivity contribution in [2.45, 2.75) is 0 Å². The molecule has 0 aromatic heterocycles. The van der Waals surface area contributed by atoms with Crippen LogP contribution >= 0.6 is 0 Å². The van der Waals surface area contributed by atoms with E-state index in [0.717, 1.165) is 10.4 Å². The second kappa shape index (κ2) is 4.10. The number of hydrogen-bond acceptors (Lipinski definition) is 3. The van der Waals surface area contributed by atoms with Gasteiger partial charge in [-0.3, -0.25) is 4.84 Å². The fraction of sp³-hybridized carbons (Fsp3) is 1.00. The summed E-state index contributed by atoms with van der Waals surface area (Å²) in [5.74, 6) is 0. The molecule has 0 aliphatic carbocycles. The average molecular weight is 93.2 g/mol. The van der Waals surface area contributed by atoms with Crippen LogP contribution in [0.5, 0.6) is 0 Å². The summed E-state index contributed by atoms with van der Waals surface area (Å²) in [6.45, 7) is -0.233. The minimum absolute atomic E-state index is 0.233. The van der Waals surface area contributed by atoms with Crippen molar-refractivity contribution >= 4 is 10.4 Å². The van der Waals surface area contributed by atoms with Gasteiger partial charge >= 0.3 is 0 Å². The number of hydrogen-bond donors (Lipinski definition) is 2. The smallest absolute Gasteiger partial charge is 0.162 e. The minimum atomic E-state index is -0.233. The van der Waals surface area contributed by atoms with Gasteiger partial charge in [0.2, 0.25) is 0 Å². The van der Waals surface area contributed by atoms with Gasteiger partial charge in [-0.1, -0.05) is 0 Å². The van der Waals surface area contributed by atoms with Crippen LogP contribution in [0.15, 0.2) is 0 Å². The SMILES string of the molecule is OCON[SiH3]. The maximum atomic E-state index is 7.80. The molecule has 0 aromatic rings. The number of aliphatic hydroxyl groups is 1. The van der Waals surface area contributed by atoms with Crippen molar-refractivity contribution in [1.82, 2.24) is 5.15 Å². The second-order valence-electron chi connectivity index (χ2n) is 0.478. The van der Waals surface area contributed by atoms with Gasteiger partial charge < -0.3 is 5.11 Å². The molecular weight excluding hydrogens is 86.1 g/mol. The Balaban J connectivity index is 2.19. The van der Waals surface area contributed by atoms with Gasteiger partial charge in [-0.2, -0.15) is 0 Å². The largest absolute Gasteiger partial charge is 0.369 e. The Hall–Kier alpha value is 0.0969. The van der Waals surface area contributed by atoms with Gasteiger partial charge in [0, 0.05) is 0 Å². The van der Waals surface area contributed by atoms with Gasteiger partial charge in [-0.05, 0) is 0 Å². The van der Waals surface area contributed by atoms with Crippen molar-refractivity contribution in [3.05, 3.63) is 0 Å². The van der Waals surface area contributed by atoms with E-state index in [9.17, 15) is 0 Å². The number of nitrogens with one attached hydrogen (secondary N) is 1. The summed E-state index contributed by atoms with van der Waals surface area (Å²) in [6.07, 6.45) is 0. The highest BCUT2D eigenvalue weighted by Crippen LogP contribution is 1.46. The maximum absolute atomic E-state index is 7.80. The molecule has 0 radical (unpaired) electrons. The van der Waals surface area contributed by atoms with Crippen molar-refractivity contribution in [2.75, 3.05) is 6.79 Å². The molecule has 5 heavy (non-hydrogen) atoms. The number of rotatable bonds is 2. The predicted molar refractivity (Wildman–Crippen MR) is 21.2 cm³/mol. The van der Waals surface area contributed by atoms with E-state index < -0.39 is 0 Å². The molecule has 4 heteroatoms. The average Bonchev–Trinajstić information content (AvgIpc) is 1.41. The minimum Gasteiger partial charge on any atom is -0.369 e. The van der Waals surface area contributed by atoms with Crippen LogP contribution in [0.1, 0.15) is 0 Å². The molecule has 32 valence electrons. The second-order valence-corrected chi connectivity index (χ2v) is 0.886. The lowest BCUT2D eigenvalue weighted by molar-refractivity contribution is -0.0284. The van der Waals surface area contributed by atoms with Gasteiger partial charge in [-0.15, -0.1) is 0 Å². The van der Waals surface area contributed by atoms with E-state index in [1.807, 2.05) is 0 Å². The Morgan fingerprint density at radius 2 is 2.60 bits per heavy atom. The molecule has 0 bridgehead atoms. The van der Waals surface area contributed by atoms with E-state index in [0.29, 0.717) is 0 Å². The first-order chi connectivity index (χ1) is 2.41. The molecule has 0 saturated carbocycles. The van der Waals surface area contributed by atoms with E-state index in [4.69, 9.17) is 5.11 Å². The van der Waals surface area contributed by atoms with Gasteiger partial charge in [0.15, 0.2) is 6.79 Å². The molecule has 3 nitrogen and oxygen atoms in total. The van der Waals surface area contributed by atoms with E-state index in [2.05, 4.69) is 9.98 Å². The lowest BCUT2D eigenvalue weighted by Crippen LogP contribution is -2.09. The maximum Gasteiger partial charge on any atom is 0.162 e. The summed E-state index contributed by atoms with van der Waals surface area (Å²) in [5, 5.41) is 10.2. The Kier molecular flexibility index (Phi) is 4.18. The van der Waals surface area contributed by atoms with Crippen molar-refractivity contribution < 1.29 is 9.94 Å². The van der Waals surface area contributed by atoms with Crippen molar-refractivity contribution in [1.29, 1.82) is 0 Å². The van der Waals surface area contributed by atoms with Gasteiger partial charge in [-0.25, -0.2) is 5.15 Å². The molecule has 0 spiro atoms. The van der Waals surface area contributed by atoms with Gasteiger partial charge in [0.1, 0.15) is 10.4 Å². The zero-order chi connectivity index (χ0) is 4.12. The monoisotopic (exact) mass is 93.0 g/mol. The quantitative estimate of drug-likeness (QED) is 0.230. The molecule has 0 amide bonds. The first-order valence-electron chi connectivity index (χ1n) is 1.31. The third-order valence-electron chi connectivity index (χ3n) is 0.209. The van der Waals surface area contributed by atoms with Crippen molar-refractivity contribution in [3.63, 3.8) is 0 Å². The van der Waals surface area contributed by atoms with Crippen LogP contribution in [0.2, 0.25) is 0 Å². The molecule has 0 saturated heterocycles. The van der Waals surface area contributed by atoms with Gasteiger partial charge in [0.05, 0.1) is 0 Å². The first kappa shape index (κ1) is 5.10. The Bertz CT molecular complexity index is 17.1. The summed E-state index contributed by atoms with van der Waals surface area (Å²) in [5.41, 5.74) is 0. The Morgan fingerprint density at radius 3 is 2.60 bits per heavy atom. The Morgan fingerprint density at radius 1 is 2.00 bits per heavy atom.